The molecule has 0 bridgehead atoms. The fourth-order valence-electron chi connectivity index (χ4n) is 0.836. The van der Waals surface area contributed by atoms with E-state index in [0.717, 1.165) is 0 Å². The molecule has 2 aromatic rings. The van der Waals surface area contributed by atoms with Crippen LogP contribution in [0.25, 0.3) is 11.2 Å². The van der Waals surface area contributed by atoms with Crippen molar-refractivity contribution in [3.63, 3.8) is 0 Å². The molecule has 0 saturated carbocycles. The summed E-state index contributed by atoms with van der Waals surface area (Å²) in [6, 6.07) is 0. The summed E-state index contributed by atoms with van der Waals surface area (Å²) >= 11 is 1.39. The number of nitrogens with zero attached hydrogens (tertiary/aromatic N) is 2. The molecule has 0 aliphatic heterocycles. The zero-order valence-corrected chi connectivity index (χ0v) is 7.01. The van der Waals surface area contributed by atoms with E-state index in [4.69, 9.17) is 4.42 Å². The summed E-state index contributed by atoms with van der Waals surface area (Å²) in [5.41, 5.74) is 0.831. The lowest BCUT2D eigenvalue weighted by molar-refractivity contribution is 0.542. The molecule has 0 aromatic carbocycles. The Balaban J connectivity index is 2.74. The van der Waals surface area contributed by atoms with Crippen LogP contribution in [-0.2, 0) is 0 Å². The Morgan fingerprint density at radius 2 is 2.50 bits per heavy atom. The highest BCUT2D eigenvalue weighted by molar-refractivity contribution is 7.98. The minimum absolute atomic E-state index is 0.305. The first kappa shape index (κ1) is 7.35. The molecule has 0 spiro atoms. The van der Waals surface area contributed by atoms with Crippen molar-refractivity contribution < 1.29 is 4.42 Å². The van der Waals surface area contributed by atoms with E-state index < -0.39 is 5.76 Å². The number of rotatable bonds is 1. The van der Waals surface area contributed by atoms with Gasteiger partial charge in [-0.25, -0.2) is 9.78 Å². The first-order valence-corrected chi connectivity index (χ1v) is 4.42. The molecule has 62 valence electrons. The van der Waals surface area contributed by atoms with Crippen LogP contribution in [0.3, 0.4) is 0 Å². The highest BCUT2D eigenvalue weighted by atomic mass is 32.2. The van der Waals surface area contributed by atoms with Crippen LogP contribution in [0.5, 0.6) is 0 Å². The average Bonchev–Trinajstić information content (AvgIpc) is 2.43. The number of oxazole rings is 1. The molecule has 2 rings (SSSR count). The van der Waals surface area contributed by atoms with E-state index in [2.05, 4.69) is 15.0 Å². The van der Waals surface area contributed by atoms with E-state index in [1.54, 1.807) is 0 Å². The van der Waals surface area contributed by atoms with Gasteiger partial charge in [-0.15, -0.1) is 0 Å². The molecule has 0 aliphatic carbocycles. The van der Waals surface area contributed by atoms with Crippen molar-refractivity contribution in [3.05, 3.63) is 16.7 Å². The lowest BCUT2D eigenvalue weighted by Gasteiger charge is -1.90. The second kappa shape index (κ2) is 2.63. The van der Waals surface area contributed by atoms with Gasteiger partial charge in [-0.1, -0.05) is 11.8 Å². The zero-order chi connectivity index (χ0) is 8.55. The van der Waals surface area contributed by atoms with Crippen LogP contribution in [0.1, 0.15) is 0 Å². The Hall–Kier alpha value is -1.30. The van der Waals surface area contributed by atoms with Crippen LogP contribution < -0.4 is 5.76 Å². The second-order valence-electron chi connectivity index (χ2n) is 2.09. The summed E-state index contributed by atoms with van der Waals surface area (Å²) in [6.07, 6.45) is 3.38. The zero-order valence-electron chi connectivity index (χ0n) is 6.20. The van der Waals surface area contributed by atoms with Crippen molar-refractivity contribution in [2.24, 2.45) is 0 Å². The van der Waals surface area contributed by atoms with E-state index in [1.807, 2.05) is 6.26 Å². The molecule has 0 amide bonds. The van der Waals surface area contributed by atoms with Gasteiger partial charge in [0.15, 0.2) is 5.16 Å². The predicted octanol–water partition coefficient (Wildman–Crippen LogP) is 0.633. The van der Waals surface area contributed by atoms with E-state index >= 15 is 0 Å². The number of hydrogen-bond acceptors (Lipinski definition) is 5. The summed E-state index contributed by atoms with van der Waals surface area (Å²) < 4.78 is 4.73. The van der Waals surface area contributed by atoms with E-state index in [0.29, 0.717) is 16.4 Å². The third-order valence-electron chi connectivity index (χ3n) is 1.34. The number of thioether (sulfide) groups is 1. The third-order valence-corrected chi connectivity index (χ3v) is 1.90. The maximum absolute atomic E-state index is 10.7. The fraction of sp³-hybridized carbons (Fsp3) is 0.167. The Bertz CT molecular complexity index is 461. The Kier molecular flexibility index (Phi) is 1.61. The molecule has 2 aromatic heterocycles. The van der Waals surface area contributed by atoms with Crippen LogP contribution in [0.15, 0.2) is 20.6 Å². The summed E-state index contributed by atoms with van der Waals surface area (Å²) in [5.74, 6) is -0.502. The van der Waals surface area contributed by atoms with Gasteiger partial charge in [0, 0.05) is 0 Å². The quantitative estimate of drug-likeness (QED) is 0.518. The van der Waals surface area contributed by atoms with Crippen molar-refractivity contribution >= 4 is 23.0 Å². The smallest absolute Gasteiger partial charge is 0.389 e. The molecule has 0 unspecified atom stereocenters. The molecule has 5 nitrogen and oxygen atoms in total. The molecule has 0 saturated heterocycles. The number of nitrogens with one attached hydrogen (secondary N) is 1. The van der Waals surface area contributed by atoms with E-state index in [-0.39, 0.29) is 0 Å². The van der Waals surface area contributed by atoms with Gasteiger partial charge in [0.1, 0.15) is 5.52 Å². The molecule has 0 aliphatic rings. The molecule has 0 fully saturated rings. The van der Waals surface area contributed by atoms with Crippen molar-refractivity contribution in [3.8, 4) is 0 Å². The minimum Gasteiger partial charge on any atom is -0.389 e. The van der Waals surface area contributed by atoms with Crippen LogP contribution in [0.4, 0.5) is 0 Å². The van der Waals surface area contributed by atoms with Gasteiger partial charge in [0.05, 0.1) is 6.20 Å². The van der Waals surface area contributed by atoms with Gasteiger partial charge in [0.2, 0.25) is 0 Å². The normalized spacial score (nSPS) is 10.8. The fourth-order valence-corrected chi connectivity index (χ4v) is 1.17. The van der Waals surface area contributed by atoms with Crippen molar-refractivity contribution in [1.82, 2.24) is 15.0 Å². The van der Waals surface area contributed by atoms with Crippen molar-refractivity contribution in [2.45, 2.75) is 5.16 Å². The number of fused-ring (bicyclic) bond motifs is 1. The van der Waals surface area contributed by atoms with Gasteiger partial charge in [-0.3, -0.25) is 4.98 Å². The van der Waals surface area contributed by atoms with Gasteiger partial charge < -0.3 is 4.42 Å². The summed E-state index contributed by atoms with van der Waals surface area (Å²) in [4.78, 5) is 21.1. The monoisotopic (exact) mass is 183 g/mol. The molecule has 12 heavy (non-hydrogen) atoms. The van der Waals surface area contributed by atoms with Crippen molar-refractivity contribution in [1.29, 1.82) is 0 Å². The Morgan fingerprint density at radius 1 is 1.67 bits per heavy atom. The number of H-pyrrole nitrogens is 1. The van der Waals surface area contributed by atoms with Gasteiger partial charge in [-0.2, -0.15) is 4.98 Å². The molecular formula is C6H5N3O2S. The van der Waals surface area contributed by atoms with Crippen LogP contribution in [-0.4, -0.2) is 21.2 Å². The summed E-state index contributed by atoms with van der Waals surface area (Å²) in [6.45, 7) is 0. The van der Waals surface area contributed by atoms with E-state index in [9.17, 15) is 4.79 Å². The van der Waals surface area contributed by atoms with Gasteiger partial charge >= 0.3 is 5.76 Å². The Morgan fingerprint density at radius 3 is 3.25 bits per heavy atom. The molecule has 0 atom stereocenters. The summed E-state index contributed by atoms with van der Waals surface area (Å²) in [7, 11) is 0. The number of aromatic nitrogens is 3. The van der Waals surface area contributed by atoms with E-state index in [1.165, 1.54) is 18.0 Å². The second-order valence-corrected chi connectivity index (χ2v) is 2.86. The third kappa shape index (κ3) is 1.10. The molecule has 1 N–H and O–H groups in total. The van der Waals surface area contributed by atoms with Crippen molar-refractivity contribution in [2.75, 3.05) is 6.26 Å². The first-order chi connectivity index (χ1) is 5.79. The topological polar surface area (TPSA) is 71.8 Å². The average molecular weight is 183 g/mol. The lowest BCUT2D eigenvalue weighted by atomic mass is 10.6. The number of hydrogen-bond donors (Lipinski definition) is 1. The van der Waals surface area contributed by atoms with Crippen LogP contribution in [0.2, 0.25) is 0 Å². The predicted molar refractivity (Wildman–Crippen MR) is 44.2 cm³/mol. The van der Waals surface area contributed by atoms with Gasteiger partial charge in [0.25, 0.3) is 5.71 Å². The summed E-state index contributed by atoms with van der Waals surface area (Å²) in [5, 5.41) is 0.588. The van der Waals surface area contributed by atoms with Gasteiger partial charge in [-0.05, 0) is 6.26 Å². The Labute approximate surface area is 71.2 Å². The standard InChI is InChI=1S/C6H5N3O2S/c1-12-5-7-2-3-4(9-5)11-6(10)8-3/h2H,1H3,(H,8,10). The van der Waals surface area contributed by atoms with Crippen LogP contribution in [0, 0.1) is 0 Å². The maximum Gasteiger partial charge on any atom is 0.418 e. The highest BCUT2D eigenvalue weighted by Crippen LogP contribution is 2.11. The molecule has 0 radical (unpaired) electrons. The number of aromatic amines is 1. The largest absolute Gasteiger partial charge is 0.418 e. The minimum atomic E-state index is -0.502. The van der Waals surface area contributed by atoms with Crippen LogP contribution >= 0.6 is 11.8 Å². The highest BCUT2D eigenvalue weighted by Gasteiger charge is 2.03. The first-order valence-electron chi connectivity index (χ1n) is 3.19. The SMILES string of the molecule is CSc1ncc2[nH]c(=O)oc2n1. The lowest BCUT2D eigenvalue weighted by Crippen LogP contribution is -1.92. The molecule has 2 heterocycles. The molecule has 6 heteroatoms. The molecular weight excluding hydrogens is 178 g/mol. The maximum atomic E-state index is 10.7.